The van der Waals surface area contributed by atoms with Gasteiger partial charge < -0.3 is 19.4 Å². The van der Waals surface area contributed by atoms with Gasteiger partial charge in [0.25, 0.3) is 0 Å². The van der Waals surface area contributed by atoms with E-state index in [9.17, 15) is 0 Å². The lowest BCUT2D eigenvalue weighted by atomic mass is 10.2. The van der Waals surface area contributed by atoms with E-state index in [-0.39, 0.29) is 12.4 Å². The predicted octanol–water partition coefficient (Wildman–Crippen LogP) is 5.43. The minimum Gasteiger partial charge on any atom is -0.493 e. The van der Waals surface area contributed by atoms with Crippen LogP contribution >= 0.6 is 12.4 Å². The fraction of sp³-hybridized carbons (Fsp3) is 0.542. The zero-order chi connectivity index (χ0) is 21.2. The van der Waals surface area contributed by atoms with Gasteiger partial charge in [0.2, 0.25) is 0 Å². The van der Waals surface area contributed by atoms with Crippen molar-refractivity contribution in [1.82, 2.24) is 19.5 Å². The van der Waals surface area contributed by atoms with Gasteiger partial charge in [-0.1, -0.05) is 13.0 Å². The molecule has 2 fully saturated rings. The molecule has 0 spiro atoms. The maximum atomic E-state index is 6.25. The molecule has 0 amide bonds. The number of imidazole rings is 1. The van der Waals surface area contributed by atoms with Crippen LogP contribution in [0.3, 0.4) is 0 Å². The summed E-state index contributed by atoms with van der Waals surface area (Å²) in [5.74, 6) is 4.81. The molecule has 32 heavy (non-hydrogen) atoms. The first kappa shape index (κ1) is 22.6. The second kappa shape index (κ2) is 9.94. The van der Waals surface area contributed by atoms with Gasteiger partial charge in [0.05, 0.1) is 19.5 Å². The Morgan fingerprint density at radius 3 is 2.62 bits per heavy atom. The number of methoxy groups -OCH3 is 1. The monoisotopic (exact) mass is 457 g/mol. The molecular formula is C24H32ClN5O2. The molecule has 0 saturated heterocycles. The van der Waals surface area contributed by atoms with E-state index in [0.29, 0.717) is 18.6 Å². The van der Waals surface area contributed by atoms with E-state index in [0.717, 1.165) is 66.0 Å². The molecule has 0 aromatic heterocycles. The van der Waals surface area contributed by atoms with E-state index in [1.54, 1.807) is 7.11 Å². The third-order valence-electron chi connectivity index (χ3n) is 6.17. The van der Waals surface area contributed by atoms with Gasteiger partial charge in [-0.05, 0) is 62.6 Å². The average Bonchev–Trinajstić information content (AvgIpc) is 3.32. The van der Waals surface area contributed by atoms with Crippen LogP contribution in [0.25, 0.3) is 11.5 Å². The summed E-state index contributed by atoms with van der Waals surface area (Å²) in [6, 6.07) is 6.13. The summed E-state index contributed by atoms with van der Waals surface area (Å²) in [4.78, 5) is 14.3. The Bertz CT molecular complexity index is 1010. The third-order valence-corrected chi connectivity index (χ3v) is 6.17. The molecule has 2 saturated carbocycles. The Hall–Kier alpha value is -2.54. The second-order valence-electron chi connectivity index (χ2n) is 8.68. The Labute approximate surface area is 195 Å². The number of aromatic nitrogens is 4. The number of hydrogen-bond acceptors (Lipinski definition) is 6. The highest BCUT2D eigenvalue weighted by Gasteiger charge is 2.31. The van der Waals surface area contributed by atoms with Gasteiger partial charge in [0, 0.05) is 19.0 Å². The van der Waals surface area contributed by atoms with Gasteiger partial charge >= 0.3 is 0 Å². The quantitative estimate of drug-likeness (QED) is 0.461. The Balaban J connectivity index is 0.00000245. The third kappa shape index (κ3) is 4.77. The Kier molecular flexibility index (Phi) is 7.04. The highest BCUT2D eigenvalue weighted by atomic mass is 35.5. The first-order chi connectivity index (χ1) is 15.2. The number of fused-ring (bicyclic) bond motifs is 1. The molecule has 0 unspecified atom stereocenters. The fourth-order valence-electron chi connectivity index (χ4n) is 4.31. The number of benzene rings is 1. The first-order valence-corrected chi connectivity index (χ1v) is 11.6. The summed E-state index contributed by atoms with van der Waals surface area (Å²) in [7, 11) is 1.69. The summed E-state index contributed by atoms with van der Waals surface area (Å²) in [6.07, 6.45) is 10.3. The van der Waals surface area contributed by atoms with Crippen molar-refractivity contribution >= 4 is 18.2 Å². The molecule has 5 rings (SSSR count). The molecule has 2 aliphatic carbocycles. The molecule has 1 aromatic rings. The molecule has 2 aliphatic heterocycles. The van der Waals surface area contributed by atoms with Crippen LogP contribution in [-0.2, 0) is 13.1 Å². The number of halogens is 1. The topological polar surface area (TPSA) is 74.1 Å². The Morgan fingerprint density at radius 2 is 1.91 bits per heavy atom. The van der Waals surface area contributed by atoms with Crippen molar-refractivity contribution in [1.29, 1.82) is 0 Å². The molecule has 7 nitrogen and oxygen atoms in total. The molecule has 2 heterocycles. The lowest BCUT2D eigenvalue weighted by Crippen LogP contribution is -2.12. The van der Waals surface area contributed by atoms with Crippen molar-refractivity contribution in [3.63, 3.8) is 0 Å². The van der Waals surface area contributed by atoms with Gasteiger partial charge in [-0.25, -0.2) is 15.0 Å². The van der Waals surface area contributed by atoms with E-state index in [1.165, 1.54) is 25.7 Å². The van der Waals surface area contributed by atoms with E-state index in [1.807, 2.05) is 12.4 Å². The van der Waals surface area contributed by atoms with Gasteiger partial charge in [-0.3, -0.25) is 0 Å². The van der Waals surface area contributed by atoms with Crippen LogP contribution < -0.4 is 14.8 Å². The van der Waals surface area contributed by atoms with Crippen molar-refractivity contribution in [2.24, 2.45) is 0 Å². The molecule has 0 radical (unpaired) electrons. The van der Waals surface area contributed by atoms with E-state index in [4.69, 9.17) is 19.4 Å². The van der Waals surface area contributed by atoms with Crippen LogP contribution in [0.4, 0.5) is 5.82 Å². The Morgan fingerprint density at radius 1 is 1.09 bits per heavy atom. The van der Waals surface area contributed by atoms with Gasteiger partial charge in [0.1, 0.15) is 5.82 Å². The molecule has 4 aliphatic rings. The largest absolute Gasteiger partial charge is 0.493 e. The maximum absolute atomic E-state index is 6.25. The zero-order valence-electron chi connectivity index (χ0n) is 18.8. The molecule has 0 atom stereocenters. The second-order valence-corrected chi connectivity index (χ2v) is 8.68. The molecule has 0 bridgehead atoms. The number of ether oxygens (including phenoxy) is 2. The number of aryl methyl sites for hydroxylation is 1. The summed E-state index contributed by atoms with van der Waals surface area (Å²) in [5, 5.41) is 3.48. The van der Waals surface area contributed by atoms with Crippen molar-refractivity contribution in [3.8, 4) is 23.0 Å². The minimum absolute atomic E-state index is 0. The lowest BCUT2D eigenvalue weighted by Gasteiger charge is -2.17. The van der Waals surface area contributed by atoms with Crippen LogP contribution in [-0.4, -0.2) is 32.7 Å². The van der Waals surface area contributed by atoms with Gasteiger partial charge in [-0.15, -0.1) is 12.4 Å². The SMILES string of the molecule is CCCn1cnc(NCc2ccc(OC)c(OC3CCCC3)c2)c2nc(C3CC3)nc1-2.Cl. The predicted molar refractivity (Wildman–Crippen MR) is 127 cm³/mol. The van der Waals surface area contributed by atoms with Crippen molar-refractivity contribution < 1.29 is 9.47 Å². The van der Waals surface area contributed by atoms with Crippen molar-refractivity contribution in [2.75, 3.05) is 12.4 Å². The summed E-state index contributed by atoms with van der Waals surface area (Å²) >= 11 is 0. The highest BCUT2D eigenvalue weighted by Crippen LogP contribution is 2.41. The van der Waals surface area contributed by atoms with Crippen LogP contribution in [0, 0.1) is 0 Å². The van der Waals surface area contributed by atoms with Crippen molar-refractivity contribution in [3.05, 3.63) is 35.9 Å². The van der Waals surface area contributed by atoms with E-state index >= 15 is 0 Å². The van der Waals surface area contributed by atoms with Gasteiger partial charge in [0.15, 0.2) is 28.8 Å². The first-order valence-electron chi connectivity index (χ1n) is 11.6. The lowest BCUT2D eigenvalue weighted by molar-refractivity contribution is 0.200. The fourth-order valence-corrected chi connectivity index (χ4v) is 4.31. The van der Waals surface area contributed by atoms with Crippen LogP contribution in [0.15, 0.2) is 24.5 Å². The van der Waals surface area contributed by atoms with E-state index in [2.05, 4.69) is 33.9 Å². The summed E-state index contributed by atoms with van der Waals surface area (Å²) in [5.41, 5.74) is 1.99. The molecule has 1 aromatic carbocycles. The normalized spacial score (nSPS) is 16.2. The summed E-state index contributed by atoms with van der Waals surface area (Å²) < 4.78 is 13.9. The standard InChI is InChI=1S/C24H31N5O2.ClH/c1-3-12-29-15-26-23(21-24(29)28-22(27-21)17-9-10-17)25-14-16-8-11-19(30-2)20(13-16)31-18-6-4-5-7-18;/h8,11,13,15,17-18,25H,3-7,9-10,12,14H2,1-2H3;1H. The number of hydrogen-bond donors (Lipinski definition) is 1. The maximum Gasteiger partial charge on any atom is 0.165 e. The van der Waals surface area contributed by atoms with Gasteiger partial charge in [-0.2, -0.15) is 0 Å². The molecule has 1 N–H and O–H groups in total. The van der Waals surface area contributed by atoms with Crippen LogP contribution in [0.1, 0.15) is 69.2 Å². The molecule has 172 valence electrons. The minimum atomic E-state index is 0. The summed E-state index contributed by atoms with van der Waals surface area (Å²) in [6.45, 7) is 3.70. The number of nitrogens with zero attached hydrogens (tertiary/aromatic N) is 4. The van der Waals surface area contributed by atoms with E-state index < -0.39 is 0 Å². The average molecular weight is 458 g/mol. The van der Waals surface area contributed by atoms with Crippen LogP contribution in [0.2, 0.25) is 0 Å². The number of rotatable bonds is 9. The van der Waals surface area contributed by atoms with Crippen LogP contribution in [0.5, 0.6) is 11.5 Å². The molecular weight excluding hydrogens is 426 g/mol. The molecule has 8 heteroatoms. The number of nitrogens with one attached hydrogen (secondary N) is 1. The number of anilines is 1. The smallest absolute Gasteiger partial charge is 0.165 e. The highest BCUT2D eigenvalue weighted by molar-refractivity contribution is 5.85. The van der Waals surface area contributed by atoms with Crippen molar-refractivity contribution in [2.45, 2.75) is 77.0 Å². The zero-order valence-corrected chi connectivity index (χ0v) is 19.7.